The molecule has 1 saturated heterocycles. The number of methoxy groups -OCH3 is 1. The lowest BCUT2D eigenvalue weighted by Crippen LogP contribution is -2.39. The molecule has 26 heavy (non-hydrogen) atoms. The maximum atomic E-state index is 12.9. The van der Waals surface area contributed by atoms with Gasteiger partial charge in [0.1, 0.15) is 5.75 Å². The van der Waals surface area contributed by atoms with Crippen LogP contribution in [0.2, 0.25) is 0 Å². The van der Waals surface area contributed by atoms with Gasteiger partial charge in [-0.25, -0.2) is 0 Å². The number of nitrogens with one attached hydrogen (secondary N) is 1. The molecule has 2 aromatic carbocycles. The molecule has 0 aliphatic carbocycles. The Labute approximate surface area is 154 Å². The normalized spacial score (nSPS) is 16.8. The molecule has 1 aliphatic rings. The Morgan fingerprint density at radius 3 is 2.54 bits per heavy atom. The van der Waals surface area contributed by atoms with Crippen molar-refractivity contribution in [1.29, 1.82) is 0 Å². The molecule has 3 rings (SSSR count). The maximum absolute atomic E-state index is 12.9. The standard InChI is InChI=1S/C21H24N2O3/c1-15-6-5-13-23(14-15)21(25)18-7-3-4-8-19(18)22-20(24)16-9-11-17(26-2)12-10-16/h3-4,7-12,15H,5-6,13-14H2,1-2H3,(H,22,24). The molecular formula is C21H24N2O3. The van der Waals surface area contributed by atoms with E-state index in [0.29, 0.717) is 28.5 Å². The topological polar surface area (TPSA) is 58.6 Å². The molecule has 5 nitrogen and oxygen atoms in total. The van der Waals surface area contributed by atoms with Gasteiger partial charge >= 0.3 is 0 Å². The van der Waals surface area contributed by atoms with Gasteiger partial charge in [-0.15, -0.1) is 0 Å². The van der Waals surface area contributed by atoms with Gasteiger partial charge in [0.25, 0.3) is 11.8 Å². The lowest BCUT2D eigenvalue weighted by Gasteiger charge is -2.31. The van der Waals surface area contributed by atoms with Crippen LogP contribution in [0.4, 0.5) is 5.69 Å². The Balaban J connectivity index is 1.78. The number of likely N-dealkylation sites (tertiary alicyclic amines) is 1. The summed E-state index contributed by atoms with van der Waals surface area (Å²) in [5.41, 5.74) is 1.58. The van der Waals surface area contributed by atoms with E-state index in [-0.39, 0.29) is 11.8 Å². The molecule has 0 bridgehead atoms. The van der Waals surface area contributed by atoms with Crippen molar-refractivity contribution in [3.8, 4) is 5.75 Å². The smallest absolute Gasteiger partial charge is 0.255 e. The van der Waals surface area contributed by atoms with Crippen LogP contribution in [-0.2, 0) is 0 Å². The lowest BCUT2D eigenvalue weighted by atomic mass is 9.99. The number of piperidine rings is 1. The summed E-state index contributed by atoms with van der Waals surface area (Å²) in [4.78, 5) is 27.3. The summed E-state index contributed by atoms with van der Waals surface area (Å²) in [6.45, 7) is 3.69. The highest BCUT2D eigenvalue weighted by Crippen LogP contribution is 2.23. The van der Waals surface area contributed by atoms with E-state index in [1.54, 1.807) is 43.5 Å². The first-order valence-electron chi connectivity index (χ1n) is 8.92. The Hall–Kier alpha value is -2.82. The number of ether oxygens (including phenoxy) is 1. The zero-order chi connectivity index (χ0) is 18.5. The van der Waals surface area contributed by atoms with Crippen LogP contribution in [0.15, 0.2) is 48.5 Å². The van der Waals surface area contributed by atoms with Gasteiger partial charge in [0.05, 0.1) is 18.4 Å². The minimum atomic E-state index is -0.250. The maximum Gasteiger partial charge on any atom is 0.255 e. The van der Waals surface area contributed by atoms with Gasteiger partial charge < -0.3 is 15.0 Å². The van der Waals surface area contributed by atoms with E-state index in [9.17, 15) is 9.59 Å². The number of hydrogen-bond donors (Lipinski definition) is 1. The number of benzene rings is 2. The molecule has 2 aromatic rings. The number of rotatable bonds is 4. The molecule has 136 valence electrons. The van der Waals surface area contributed by atoms with Crippen molar-refractivity contribution in [2.45, 2.75) is 19.8 Å². The molecule has 1 atom stereocenters. The number of carbonyl (C=O) groups excluding carboxylic acids is 2. The molecule has 5 heteroatoms. The SMILES string of the molecule is COc1ccc(C(=O)Nc2ccccc2C(=O)N2CCCC(C)C2)cc1. The molecule has 1 N–H and O–H groups in total. The second kappa shape index (κ2) is 8.04. The fraction of sp³-hybridized carbons (Fsp3) is 0.333. The van der Waals surface area contributed by atoms with Crippen LogP contribution in [0, 0.1) is 5.92 Å². The van der Waals surface area contributed by atoms with Crippen LogP contribution >= 0.6 is 0 Å². The molecular weight excluding hydrogens is 328 g/mol. The summed E-state index contributed by atoms with van der Waals surface area (Å²) < 4.78 is 5.11. The first-order chi connectivity index (χ1) is 12.6. The predicted molar refractivity (Wildman–Crippen MR) is 102 cm³/mol. The molecule has 0 aromatic heterocycles. The van der Waals surface area contributed by atoms with Crippen LogP contribution in [-0.4, -0.2) is 36.9 Å². The average molecular weight is 352 g/mol. The van der Waals surface area contributed by atoms with Gasteiger partial charge in [-0.05, 0) is 55.2 Å². The fourth-order valence-corrected chi connectivity index (χ4v) is 3.26. The van der Waals surface area contributed by atoms with Crippen molar-refractivity contribution < 1.29 is 14.3 Å². The molecule has 0 saturated carbocycles. The van der Waals surface area contributed by atoms with E-state index in [2.05, 4.69) is 12.2 Å². The number of anilines is 1. The van der Waals surface area contributed by atoms with E-state index in [1.165, 1.54) is 0 Å². The average Bonchev–Trinajstić information content (AvgIpc) is 2.68. The van der Waals surface area contributed by atoms with Crippen LogP contribution in [0.5, 0.6) is 5.75 Å². The lowest BCUT2D eigenvalue weighted by molar-refractivity contribution is 0.0684. The summed E-state index contributed by atoms with van der Waals surface area (Å²) in [6.07, 6.45) is 2.17. The van der Waals surface area contributed by atoms with Crippen molar-refractivity contribution in [3.63, 3.8) is 0 Å². The van der Waals surface area contributed by atoms with E-state index >= 15 is 0 Å². The molecule has 0 spiro atoms. The van der Waals surface area contributed by atoms with Crippen LogP contribution in [0.3, 0.4) is 0 Å². The van der Waals surface area contributed by atoms with Crippen molar-refractivity contribution in [2.75, 3.05) is 25.5 Å². The highest BCUT2D eigenvalue weighted by molar-refractivity contribution is 6.09. The molecule has 1 aliphatic heterocycles. The number of carbonyl (C=O) groups is 2. The Morgan fingerprint density at radius 1 is 1.12 bits per heavy atom. The third-order valence-corrected chi connectivity index (χ3v) is 4.70. The molecule has 1 fully saturated rings. The van der Waals surface area contributed by atoms with Gasteiger partial charge in [0, 0.05) is 18.7 Å². The molecule has 1 heterocycles. The van der Waals surface area contributed by atoms with Crippen molar-refractivity contribution in [1.82, 2.24) is 4.90 Å². The highest BCUT2D eigenvalue weighted by Gasteiger charge is 2.24. The second-order valence-electron chi connectivity index (χ2n) is 6.73. The summed E-state index contributed by atoms with van der Waals surface area (Å²) >= 11 is 0. The molecule has 2 amide bonds. The molecule has 0 radical (unpaired) electrons. The predicted octanol–water partition coefficient (Wildman–Crippen LogP) is 3.82. The van der Waals surface area contributed by atoms with Crippen LogP contribution in [0.1, 0.15) is 40.5 Å². The Kier molecular flexibility index (Phi) is 5.56. The Morgan fingerprint density at radius 2 is 1.85 bits per heavy atom. The first-order valence-corrected chi connectivity index (χ1v) is 8.92. The van der Waals surface area contributed by atoms with Crippen molar-refractivity contribution >= 4 is 17.5 Å². The summed E-state index contributed by atoms with van der Waals surface area (Å²) in [5, 5.41) is 2.87. The largest absolute Gasteiger partial charge is 0.497 e. The first kappa shape index (κ1) is 18.0. The quantitative estimate of drug-likeness (QED) is 0.910. The van der Waals surface area contributed by atoms with E-state index in [1.807, 2.05) is 17.0 Å². The van der Waals surface area contributed by atoms with Crippen molar-refractivity contribution in [3.05, 3.63) is 59.7 Å². The van der Waals surface area contributed by atoms with Gasteiger partial charge in [-0.2, -0.15) is 0 Å². The zero-order valence-electron chi connectivity index (χ0n) is 15.2. The van der Waals surface area contributed by atoms with E-state index < -0.39 is 0 Å². The van der Waals surface area contributed by atoms with Gasteiger partial charge in [0.15, 0.2) is 0 Å². The number of hydrogen-bond acceptors (Lipinski definition) is 3. The van der Waals surface area contributed by atoms with Crippen LogP contribution < -0.4 is 10.1 Å². The number of nitrogens with zero attached hydrogens (tertiary/aromatic N) is 1. The second-order valence-corrected chi connectivity index (χ2v) is 6.73. The fourth-order valence-electron chi connectivity index (χ4n) is 3.26. The Bertz CT molecular complexity index is 786. The minimum Gasteiger partial charge on any atom is -0.497 e. The van der Waals surface area contributed by atoms with Crippen LogP contribution in [0.25, 0.3) is 0 Å². The number of amides is 2. The third-order valence-electron chi connectivity index (χ3n) is 4.70. The van der Waals surface area contributed by atoms with Gasteiger partial charge in [0.2, 0.25) is 0 Å². The van der Waals surface area contributed by atoms with Gasteiger partial charge in [-0.1, -0.05) is 19.1 Å². The summed E-state index contributed by atoms with van der Waals surface area (Å²) in [6, 6.07) is 14.0. The number of para-hydroxylation sites is 1. The summed E-state index contributed by atoms with van der Waals surface area (Å²) in [5.74, 6) is 0.923. The van der Waals surface area contributed by atoms with E-state index in [0.717, 1.165) is 25.9 Å². The minimum absolute atomic E-state index is 0.0258. The zero-order valence-corrected chi connectivity index (χ0v) is 15.2. The van der Waals surface area contributed by atoms with E-state index in [4.69, 9.17) is 4.74 Å². The molecule has 1 unspecified atom stereocenters. The van der Waals surface area contributed by atoms with Crippen molar-refractivity contribution in [2.24, 2.45) is 5.92 Å². The summed E-state index contributed by atoms with van der Waals surface area (Å²) in [7, 11) is 1.58. The third kappa shape index (κ3) is 4.04. The highest BCUT2D eigenvalue weighted by atomic mass is 16.5. The monoisotopic (exact) mass is 352 g/mol. The van der Waals surface area contributed by atoms with Gasteiger partial charge in [-0.3, -0.25) is 9.59 Å².